The van der Waals surface area contributed by atoms with Gasteiger partial charge in [-0.05, 0) is 5.56 Å². The lowest BCUT2D eigenvalue weighted by molar-refractivity contribution is -0.141. The minimum Gasteiger partial charge on any atom is -0.480 e. The standard InChI is InChI=1S/C10H11ClO3/c11-10(6-7-12,9(13)14)8-4-2-1-3-5-8/h1-5,12H,6-7H2,(H,13,14). The number of rotatable bonds is 4. The average Bonchev–Trinajstić information content (AvgIpc) is 2.19. The number of carboxylic acid groups (broad SMARTS) is 1. The normalized spacial score (nSPS) is 14.7. The van der Waals surface area contributed by atoms with E-state index in [0.717, 1.165) is 0 Å². The first-order valence-electron chi connectivity index (χ1n) is 4.20. The summed E-state index contributed by atoms with van der Waals surface area (Å²) in [5, 5.41) is 17.7. The number of alkyl halides is 1. The van der Waals surface area contributed by atoms with Crippen LogP contribution in [-0.2, 0) is 9.67 Å². The molecule has 0 aromatic heterocycles. The highest BCUT2D eigenvalue weighted by molar-refractivity contribution is 6.33. The van der Waals surface area contributed by atoms with E-state index in [1.165, 1.54) is 0 Å². The molecule has 0 fully saturated rings. The Morgan fingerprint density at radius 1 is 1.36 bits per heavy atom. The van der Waals surface area contributed by atoms with Gasteiger partial charge in [0.05, 0.1) is 0 Å². The van der Waals surface area contributed by atoms with Crippen molar-refractivity contribution in [2.24, 2.45) is 0 Å². The fourth-order valence-electron chi connectivity index (χ4n) is 1.23. The molecule has 0 bridgehead atoms. The highest BCUT2D eigenvalue weighted by Gasteiger charge is 2.37. The molecule has 1 unspecified atom stereocenters. The number of hydrogen-bond acceptors (Lipinski definition) is 2. The number of benzene rings is 1. The third-order valence-corrected chi connectivity index (χ3v) is 2.60. The van der Waals surface area contributed by atoms with Crippen molar-refractivity contribution < 1.29 is 15.0 Å². The van der Waals surface area contributed by atoms with Gasteiger partial charge in [-0.2, -0.15) is 0 Å². The number of halogens is 1. The topological polar surface area (TPSA) is 57.5 Å². The Balaban J connectivity index is 3.06. The van der Waals surface area contributed by atoms with Crippen LogP contribution in [0.15, 0.2) is 30.3 Å². The van der Waals surface area contributed by atoms with Crippen molar-refractivity contribution in [3.8, 4) is 0 Å². The largest absolute Gasteiger partial charge is 0.480 e. The van der Waals surface area contributed by atoms with Crippen LogP contribution >= 0.6 is 11.6 Å². The number of aliphatic carboxylic acids is 1. The van der Waals surface area contributed by atoms with Crippen LogP contribution in [0.25, 0.3) is 0 Å². The van der Waals surface area contributed by atoms with Gasteiger partial charge in [-0.15, -0.1) is 11.6 Å². The summed E-state index contributed by atoms with van der Waals surface area (Å²) in [5.41, 5.74) is 0.489. The van der Waals surface area contributed by atoms with Gasteiger partial charge in [-0.25, -0.2) is 4.79 Å². The Labute approximate surface area is 86.9 Å². The molecule has 0 aliphatic carbocycles. The van der Waals surface area contributed by atoms with Crippen LogP contribution in [0.2, 0.25) is 0 Å². The second-order valence-corrected chi connectivity index (χ2v) is 3.59. The summed E-state index contributed by atoms with van der Waals surface area (Å²) in [6.07, 6.45) is -0.00605. The molecule has 1 rings (SSSR count). The van der Waals surface area contributed by atoms with Crippen LogP contribution in [0.4, 0.5) is 0 Å². The van der Waals surface area contributed by atoms with E-state index in [4.69, 9.17) is 21.8 Å². The fourth-order valence-corrected chi connectivity index (χ4v) is 1.44. The SMILES string of the molecule is O=C(O)C(Cl)(CCO)c1ccccc1. The van der Waals surface area contributed by atoms with Gasteiger partial charge < -0.3 is 10.2 Å². The van der Waals surface area contributed by atoms with E-state index < -0.39 is 10.8 Å². The van der Waals surface area contributed by atoms with Gasteiger partial charge in [0.1, 0.15) is 0 Å². The van der Waals surface area contributed by atoms with Crippen LogP contribution in [0.3, 0.4) is 0 Å². The zero-order valence-electron chi connectivity index (χ0n) is 7.48. The Morgan fingerprint density at radius 2 is 1.93 bits per heavy atom. The molecule has 3 nitrogen and oxygen atoms in total. The lowest BCUT2D eigenvalue weighted by atomic mass is 9.95. The Kier molecular flexibility index (Phi) is 3.49. The van der Waals surface area contributed by atoms with Gasteiger partial charge in [0.15, 0.2) is 4.87 Å². The minimum absolute atomic E-state index is 0.00605. The number of carboxylic acids is 1. The molecule has 4 heteroatoms. The molecule has 2 N–H and O–H groups in total. The summed E-state index contributed by atoms with van der Waals surface area (Å²) in [7, 11) is 0. The smallest absolute Gasteiger partial charge is 0.329 e. The molecule has 0 radical (unpaired) electrons. The first-order valence-corrected chi connectivity index (χ1v) is 4.58. The van der Waals surface area contributed by atoms with Crippen molar-refractivity contribution in [2.75, 3.05) is 6.61 Å². The van der Waals surface area contributed by atoms with Crippen molar-refractivity contribution in [3.05, 3.63) is 35.9 Å². The van der Waals surface area contributed by atoms with Crippen molar-refractivity contribution in [1.29, 1.82) is 0 Å². The lowest BCUT2D eigenvalue weighted by Crippen LogP contribution is -2.30. The molecule has 1 atom stereocenters. The van der Waals surface area contributed by atoms with E-state index >= 15 is 0 Å². The van der Waals surface area contributed by atoms with E-state index in [0.29, 0.717) is 5.56 Å². The lowest BCUT2D eigenvalue weighted by Gasteiger charge is -2.21. The molecule has 1 aromatic rings. The first kappa shape index (κ1) is 11.0. The highest BCUT2D eigenvalue weighted by Crippen LogP contribution is 2.32. The van der Waals surface area contributed by atoms with Crippen molar-refractivity contribution in [2.45, 2.75) is 11.3 Å². The molecule has 0 amide bonds. The third kappa shape index (κ3) is 2.05. The number of aliphatic hydroxyl groups excluding tert-OH is 1. The van der Waals surface area contributed by atoms with Crippen LogP contribution in [0, 0.1) is 0 Å². The van der Waals surface area contributed by atoms with Gasteiger partial charge in [0.25, 0.3) is 0 Å². The zero-order valence-corrected chi connectivity index (χ0v) is 8.24. The Bertz CT molecular complexity index is 312. The summed E-state index contributed by atoms with van der Waals surface area (Å²) in [6, 6.07) is 8.48. The summed E-state index contributed by atoms with van der Waals surface area (Å²) in [4.78, 5) is 9.45. The van der Waals surface area contributed by atoms with E-state index in [2.05, 4.69) is 0 Å². The van der Waals surface area contributed by atoms with Crippen LogP contribution in [0.5, 0.6) is 0 Å². The quantitative estimate of drug-likeness (QED) is 0.749. The molecular weight excluding hydrogens is 204 g/mol. The molecule has 0 aliphatic heterocycles. The predicted molar refractivity (Wildman–Crippen MR) is 53.3 cm³/mol. The third-order valence-electron chi connectivity index (χ3n) is 2.03. The van der Waals surface area contributed by atoms with Gasteiger partial charge in [0.2, 0.25) is 0 Å². The molecule has 1 aromatic carbocycles. The predicted octanol–water partition coefficient (Wildman–Crippen LogP) is 1.59. The van der Waals surface area contributed by atoms with Gasteiger partial charge in [-0.3, -0.25) is 0 Å². The molecule has 0 aliphatic rings. The average molecular weight is 215 g/mol. The molecular formula is C10H11ClO3. The molecule has 14 heavy (non-hydrogen) atoms. The Hall–Kier alpha value is -1.06. The van der Waals surface area contributed by atoms with Crippen LogP contribution in [0.1, 0.15) is 12.0 Å². The summed E-state index contributed by atoms with van der Waals surface area (Å²) in [6.45, 7) is -0.259. The highest BCUT2D eigenvalue weighted by atomic mass is 35.5. The van der Waals surface area contributed by atoms with E-state index in [1.54, 1.807) is 30.3 Å². The van der Waals surface area contributed by atoms with Gasteiger partial charge >= 0.3 is 5.97 Å². The maximum atomic E-state index is 11.0. The fraction of sp³-hybridized carbons (Fsp3) is 0.300. The van der Waals surface area contributed by atoms with Crippen molar-refractivity contribution in [3.63, 3.8) is 0 Å². The van der Waals surface area contributed by atoms with E-state index in [1.807, 2.05) is 0 Å². The molecule has 0 saturated carbocycles. The minimum atomic E-state index is -1.52. The number of aliphatic hydroxyl groups is 1. The van der Waals surface area contributed by atoms with E-state index in [-0.39, 0.29) is 13.0 Å². The van der Waals surface area contributed by atoms with Crippen LogP contribution < -0.4 is 0 Å². The molecule has 0 heterocycles. The molecule has 0 saturated heterocycles. The second-order valence-electron chi connectivity index (χ2n) is 2.95. The van der Waals surface area contributed by atoms with Crippen LogP contribution in [-0.4, -0.2) is 22.8 Å². The first-order chi connectivity index (χ1) is 6.61. The van der Waals surface area contributed by atoms with Crippen molar-refractivity contribution in [1.82, 2.24) is 0 Å². The van der Waals surface area contributed by atoms with Gasteiger partial charge in [-0.1, -0.05) is 30.3 Å². The monoisotopic (exact) mass is 214 g/mol. The summed E-state index contributed by atoms with van der Waals surface area (Å²) in [5.74, 6) is -1.14. The zero-order chi connectivity index (χ0) is 10.6. The number of hydrogen-bond donors (Lipinski definition) is 2. The maximum absolute atomic E-state index is 11.0. The summed E-state index contributed by atoms with van der Waals surface area (Å²) < 4.78 is 0. The molecule has 0 spiro atoms. The number of carbonyl (C=O) groups is 1. The second kappa shape index (κ2) is 4.44. The van der Waals surface area contributed by atoms with Crippen molar-refractivity contribution >= 4 is 17.6 Å². The maximum Gasteiger partial charge on any atom is 0.329 e. The van der Waals surface area contributed by atoms with E-state index in [9.17, 15) is 4.79 Å². The van der Waals surface area contributed by atoms with Gasteiger partial charge in [0, 0.05) is 13.0 Å². The molecule has 76 valence electrons. The summed E-state index contributed by atoms with van der Waals surface area (Å²) >= 11 is 5.94. The Morgan fingerprint density at radius 3 is 2.36 bits per heavy atom.